The third kappa shape index (κ3) is 3.06. The highest BCUT2D eigenvalue weighted by Gasteiger charge is 2.36. The lowest BCUT2D eigenvalue weighted by molar-refractivity contribution is -0.389. The maximum Gasteiger partial charge on any atom is 0.574 e. The molecule has 18 heavy (non-hydrogen) atoms. The molecule has 98 valence electrons. The van der Waals surface area contributed by atoms with Gasteiger partial charge in [-0.05, 0) is 0 Å². The molecule has 0 unspecified atom stereocenters. The van der Waals surface area contributed by atoms with E-state index in [0.29, 0.717) is 6.07 Å². The SMILES string of the molecule is COc1cc([N+](=O)[O-])c(OC(F)(F)F)nc1C=O. The number of hydrogen-bond donors (Lipinski definition) is 0. The van der Waals surface area contributed by atoms with Crippen molar-refractivity contribution in [2.45, 2.75) is 6.36 Å². The average molecular weight is 266 g/mol. The molecule has 0 amide bonds. The van der Waals surface area contributed by atoms with Crippen LogP contribution in [0.15, 0.2) is 6.07 Å². The van der Waals surface area contributed by atoms with Gasteiger partial charge in [0.05, 0.1) is 18.1 Å². The molecular formula is C8H5F3N2O5. The Bertz CT molecular complexity index is 488. The van der Waals surface area contributed by atoms with Crippen LogP contribution in [-0.2, 0) is 0 Å². The van der Waals surface area contributed by atoms with Crippen molar-refractivity contribution in [3.8, 4) is 11.6 Å². The summed E-state index contributed by atoms with van der Waals surface area (Å²) in [6, 6.07) is 0.623. The predicted molar refractivity (Wildman–Crippen MR) is 49.5 cm³/mol. The van der Waals surface area contributed by atoms with E-state index in [1.807, 2.05) is 0 Å². The van der Waals surface area contributed by atoms with Crippen LogP contribution in [0.25, 0.3) is 0 Å². The molecule has 0 radical (unpaired) electrons. The zero-order valence-corrected chi connectivity index (χ0v) is 8.72. The molecule has 7 nitrogen and oxygen atoms in total. The molecule has 10 heteroatoms. The van der Waals surface area contributed by atoms with Crippen molar-refractivity contribution in [2.75, 3.05) is 7.11 Å². The number of carbonyl (C=O) groups excluding carboxylic acids is 1. The smallest absolute Gasteiger partial charge is 0.494 e. The topological polar surface area (TPSA) is 91.6 Å². The summed E-state index contributed by atoms with van der Waals surface area (Å²) in [4.78, 5) is 23.0. The summed E-state index contributed by atoms with van der Waals surface area (Å²) in [5.74, 6) is -1.65. The Hall–Kier alpha value is -2.39. The maximum atomic E-state index is 12.0. The zero-order valence-electron chi connectivity index (χ0n) is 8.72. The molecule has 0 spiro atoms. The molecule has 0 aliphatic rings. The van der Waals surface area contributed by atoms with E-state index in [2.05, 4.69) is 14.5 Å². The molecule has 0 aromatic carbocycles. The number of nitro groups is 1. The molecule has 0 bridgehead atoms. The summed E-state index contributed by atoms with van der Waals surface area (Å²) in [5, 5.41) is 10.5. The van der Waals surface area contributed by atoms with Gasteiger partial charge in [0.15, 0.2) is 12.0 Å². The molecule has 0 aliphatic heterocycles. The Labute approximate surface area is 97.3 Å². The van der Waals surface area contributed by atoms with Crippen LogP contribution in [0.3, 0.4) is 0 Å². The lowest BCUT2D eigenvalue weighted by Gasteiger charge is -2.10. The maximum absolute atomic E-state index is 12.0. The molecule has 0 saturated carbocycles. The fraction of sp³-hybridized carbons (Fsp3) is 0.250. The minimum atomic E-state index is -5.16. The fourth-order valence-electron chi connectivity index (χ4n) is 1.05. The van der Waals surface area contributed by atoms with Crippen molar-refractivity contribution in [1.29, 1.82) is 0 Å². The van der Waals surface area contributed by atoms with Crippen molar-refractivity contribution in [3.63, 3.8) is 0 Å². The van der Waals surface area contributed by atoms with Crippen molar-refractivity contribution in [1.82, 2.24) is 4.98 Å². The largest absolute Gasteiger partial charge is 0.574 e. The average Bonchev–Trinajstić information content (AvgIpc) is 2.25. The number of halogens is 3. The Morgan fingerprint density at radius 3 is 2.50 bits per heavy atom. The van der Waals surface area contributed by atoms with Gasteiger partial charge in [-0.15, -0.1) is 13.2 Å². The molecule has 0 atom stereocenters. The normalized spacial score (nSPS) is 10.9. The number of alkyl halides is 3. The van der Waals surface area contributed by atoms with Crippen molar-refractivity contribution in [2.24, 2.45) is 0 Å². The predicted octanol–water partition coefficient (Wildman–Crippen LogP) is 1.71. The van der Waals surface area contributed by atoms with E-state index < -0.39 is 28.5 Å². The highest BCUT2D eigenvalue weighted by atomic mass is 19.4. The first-order valence-electron chi connectivity index (χ1n) is 4.23. The second kappa shape index (κ2) is 4.85. The van der Waals surface area contributed by atoms with Gasteiger partial charge >= 0.3 is 17.9 Å². The van der Waals surface area contributed by atoms with Gasteiger partial charge < -0.3 is 9.47 Å². The van der Waals surface area contributed by atoms with Gasteiger partial charge in [0.25, 0.3) is 0 Å². The third-order valence-electron chi connectivity index (χ3n) is 1.70. The molecule has 1 aromatic rings. The fourth-order valence-corrected chi connectivity index (χ4v) is 1.05. The van der Waals surface area contributed by atoms with Gasteiger partial charge in [-0.25, -0.2) is 4.98 Å². The molecule has 1 heterocycles. The first kappa shape index (κ1) is 13.7. The monoisotopic (exact) mass is 266 g/mol. The Morgan fingerprint density at radius 1 is 1.50 bits per heavy atom. The number of nitrogens with zero attached hydrogens (tertiary/aromatic N) is 2. The van der Waals surface area contributed by atoms with Gasteiger partial charge in [0.1, 0.15) is 5.69 Å². The summed E-state index contributed by atoms with van der Waals surface area (Å²) >= 11 is 0. The Morgan fingerprint density at radius 2 is 2.11 bits per heavy atom. The van der Waals surface area contributed by atoms with Crippen molar-refractivity contribution < 1.29 is 32.4 Å². The molecular weight excluding hydrogens is 261 g/mol. The van der Waals surface area contributed by atoms with Crippen LogP contribution in [0.5, 0.6) is 11.6 Å². The van der Waals surface area contributed by atoms with E-state index in [1.165, 1.54) is 0 Å². The van der Waals surface area contributed by atoms with Crippen LogP contribution in [0.4, 0.5) is 18.9 Å². The number of aldehydes is 1. The summed E-state index contributed by atoms with van der Waals surface area (Å²) in [7, 11) is 1.08. The molecule has 0 saturated heterocycles. The quantitative estimate of drug-likeness (QED) is 0.468. The molecule has 0 N–H and O–H groups in total. The summed E-state index contributed by atoms with van der Waals surface area (Å²) in [6.07, 6.45) is -5.07. The van der Waals surface area contributed by atoms with Crippen molar-refractivity contribution in [3.05, 3.63) is 21.9 Å². The number of pyridine rings is 1. The number of methoxy groups -OCH3 is 1. The minimum absolute atomic E-state index is 0.0891. The minimum Gasteiger partial charge on any atom is -0.494 e. The van der Waals surface area contributed by atoms with Gasteiger partial charge in [-0.1, -0.05) is 0 Å². The van der Waals surface area contributed by atoms with E-state index >= 15 is 0 Å². The highest BCUT2D eigenvalue weighted by Crippen LogP contribution is 2.33. The van der Waals surface area contributed by atoms with E-state index in [4.69, 9.17) is 0 Å². The second-order valence-electron chi connectivity index (χ2n) is 2.82. The number of hydrogen-bond acceptors (Lipinski definition) is 6. The molecule has 0 aliphatic carbocycles. The van der Waals surface area contributed by atoms with Crippen LogP contribution < -0.4 is 9.47 Å². The summed E-state index contributed by atoms with van der Waals surface area (Å²) < 4.78 is 43.9. The highest BCUT2D eigenvalue weighted by molar-refractivity contribution is 5.77. The summed E-state index contributed by atoms with van der Waals surface area (Å²) in [6.45, 7) is 0. The van der Waals surface area contributed by atoms with Crippen LogP contribution in [-0.4, -0.2) is 29.7 Å². The Balaban J connectivity index is 3.38. The zero-order chi connectivity index (χ0) is 13.9. The first-order chi connectivity index (χ1) is 8.28. The van der Waals surface area contributed by atoms with Crippen LogP contribution in [0.2, 0.25) is 0 Å². The van der Waals surface area contributed by atoms with E-state index in [9.17, 15) is 28.1 Å². The molecule has 1 aromatic heterocycles. The van der Waals surface area contributed by atoms with Crippen molar-refractivity contribution >= 4 is 12.0 Å². The van der Waals surface area contributed by atoms with Crippen LogP contribution in [0.1, 0.15) is 10.5 Å². The van der Waals surface area contributed by atoms with Crippen LogP contribution >= 0.6 is 0 Å². The number of aromatic nitrogens is 1. The number of carbonyl (C=O) groups is 1. The van der Waals surface area contributed by atoms with Gasteiger partial charge in [-0.3, -0.25) is 14.9 Å². The van der Waals surface area contributed by atoms with E-state index in [-0.39, 0.29) is 12.0 Å². The van der Waals surface area contributed by atoms with Crippen LogP contribution in [0, 0.1) is 10.1 Å². The van der Waals surface area contributed by atoms with Gasteiger partial charge in [-0.2, -0.15) is 0 Å². The van der Waals surface area contributed by atoms with Gasteiger partial charge in [0, 0.05) is 0 Å². The molecule has 1 rings (SSSR count). The Kier molecular flexibility index (Phi) is 3.69. The first-order valence-corrected chi connectivity index (χ1v) is 4.23. The molecule has 0 fully saturated rings. The number of ether oxygens (including phenoxy) is 2. The lowest BCUT2D eigenvalue weighted by atomic mass is 10.3. The lowest BCUT2D eigenvalue weighted by Crippen LogP contribution is -2.19. The van der Waals surface area contributed by atoms with Gasteiger partial charge in [0.2, 0.25) is 0 Å². The number of rotatable bonds is 4. The van der Waals surface area contributed by atoms with E-state index in [0.717, 1.165) is 7.11 Å². The second-order valence-corrected chi connectivity index (χ2v) is 2.82. The standard InChI is InChI=1S/C8H5F3N2O5/c1-17-6-2-5(13(15)16)7(12-4(6)3-14)18-8(9,10)11/h2-3H,1H3. The third-order valence-corrected chi connectivity index (χ3v) is 1.70. The van der Waals surface area contributed by atoms with E-state index in [1.54, 1.807) is 0 Å². The summed E-state index contributed by atoms with van der Waals surface area (Å²) in [5.41, 5.74) is -1.60.